The number of amides is 3. The topological polar surface area (TPSA) is 84.9 Å². The molecule has 138 valence electrons. The van der Waals surface area contributed by atoms with Gasteiger partial charge in [-0.15, -0.1) is 0 Å². The van der Waals surface area contributed by atoms with Gasteiger partial charge >= 0.3 is 0 Å². The number of carbonyl (C=O) groups is 3. The molecule has 2 aliphatic rings. The van der Waals surface area contributed by atoms with Crippen molar-refractivity contribution in [2.24, 2.45) is 0 Å². The van der Waals surface area contributed by atoms with Gasteiger partial charge in [-0.05, 0) is 12.1 Å². The molecule has 1 N–H and O–H groups in total. The quantitative estimate of drug-likeness (QED) is 0.820. The fraction of sp³-hybridized carbons (Fsp3) is 0.211. The number of hydrogen-bond donors (Lipinski definition) is 1. The maximum absolute atomic E-state index is 12.4. The Balaban J connectivity index is 1.50. The molecule has 0 aromatic heterocycles. The minimum Gasteiger partial charge on any atom is -0.490 e. The summed E-state index contributed by atoms with van der Waals surface area (Å²) in [6.45, 7) is 0.614. The van der Waals surface area contributed by atoms with Gasteiger partial charge in [0.15, 0.2) is 11.5 Å². The van der Waals surface area contributed by atoms with Gasteiger partial charge in [0.05, 0.1) is 35.1 Å². The van der Waals surface area contributed by atoms with Crippen LogP contribution in [0.1, 0.15) is 27.1 Å². The molecule has 2 aliphatic heterocycles. The predicted molar refractivity (Wildman–Crippen MR) is 97.5 cm³/mol. The lowest BCUT2D eigenvalue weighted by atomic mass is 10.1. The average Bonchev–Trinajstić information content (AvgIpc) is 2.81. The highest BCUT2D eigenvalue weighted by atomic mass is 35.5. The van der Waals surface area contributed by atoms with Gasteiger partial charge in [0.25, 0.3) is 11.8 Å². The van der Waals surface area contributed by atoms with E-state index in [-0.39, 0.29) is 5.02 Å². The summed E-state index contributed by atoms with van der Waals surface area (Å²) in [5.41, 5.74) is 0.912. The van der Waals surface area contributed by atoms with Crippen molar-refractivity contribution in [3.63, 3.8) is 0 Å². The Kier molecular flexibility index (Phi) is 4.45. The number of anilines is 1. The van der Waals surface area contributed by atoms with Crippen molar-refractivity contribution >= 4 is 35.0 Å². The normalized spacial score (nSPS) is 15.4. The monoisotopic (exact) mass is 386 g/mol. The van der Waals surface area contributed by atoms with Crippen LogP contribution in [0.2, 0.25) is 5.02 Å². The Morgan fingerprint density at radius 2 is 1.63 bits per heavy atom. The highest BCUT2D eigenvalue weighted by Crippen LogP contribution is 2.37. The average molecular weight is 387 g/mol. The highest BCUT2D eigenvalue weighted by Gasteiger charge is 2.36. The van der Waals surface area contributed by atoms with Gasteiger partial charge < -0.3 is 14.8 Å². The van der Waals surface area contributed by atoms with Crippen LogP contribution in [0.4, 0.5) is 5.69 Å². The number of rotatable bonds is 3. The number of benzene rings is 2. The Bertz CT molecular complexity index is 924. The number of imide groups is 1. The third-order valence-electron chi connectivity index (χ3n) is 4.29. The molecule has 0 radical (unpaired) electrons. The SMILES string of the molecule is O=C(CN1C(=O)c2ccccc2C1=O)Nc1cc2c(cc1Cl)OCCCO2. The van der Waals surface area contributed by atoms with Gasteiger partial charge in [0.2, 0.25) is 5.91 Å². The molecule has 0 saturated heterocycles. The number of ether oxygens (including phenoxy) is 2. The lowest BCUT2D eigenvalue weighted by Gasteiger charge is -2.15. The lowest BCUT2D eigenvalue weighted by Crippen LogP contribution is -2.37. The van der Waals surface area contributed by atoms with Crippen LogP contribution in [0.5, 0.6) is 11.5 Å². The van der Waals surface area contributed by atoms with E-state index in [9.17, 15) is 14.4 Å². The van der Waals surface area contributed by atoms with E-state index in [2.05, 4.69) is 5.32 Å². The second-order valence-electron chi connectivity index (χ2n) is 6.12. The standard InChI is InChI=1S/C19H15ClN2O5/c20-13-8-15-16(27-7-3-6-26-15)9-14(13)21-17(23)10-22-18(24)11-4-1-2-5-12(11)19(22)25/h1-2,4-5,8-9H,3,6-7,10H2,(H,21,23). The second-order valence-corrected chi connectivity index (χ2v) is 6.53. The summed E-state index contributed by atoms with van der Waals surface area (Å²) in [6.07, 6.45) is 0.744. The van der Waals surface area contributed by atoms with Crippen LogP contribution in [0.3, 0.4) is 0 Å². The molecular weight excluding hydrogens is 372 g/mol. The molecule has 27 heavy (non-hydrogen) atoms. The summed E-state index contributed by atoms with van der Waals surface area (Å²) in [6, 6.07) is 9.61. The van der Waals surface area contributed by atoms with Gasteiger partial charge in [0, 0.05) is 18.6 Å². The van der Waals surface area contributed by atoms with Crippen molar-refractivity contribution in [3.8, 4) is 11.5 Å². The van der Waals surface area contributed by atoms with E-state index in [0.29, 0.717) is 41.5 Å². The number of halogens is 1. The van der Waals surface area contributed by atoms with Crippen LogP contribution in [-0.4, -0.2) is 42.4 Å². The van der Waals surface area contributed by atoms with Crippen molar-refractivity contribution in [3.05, 3.63) is 52.5 Å². The second kappa shape index (κ2) is 6.92. The van der Waals surface area contributed by atoms with E-state index in [1.54, 1.807) is 36.4 Å². The molecule has 8 heteroatoms. The van der Waals surface area contributed by atoms with E-state index < -0.39 is 24.3 Å². The molecular formula is C19H15ClN2O5. The smallest absolute Gasteiger partial charge is 0.262 e. The summed E-state index contributed by atoms with van der Waals surface area (Å²) < 4.78 is 11.1. The largest absolute Gasteiger partial charge is 0.490 e. The first-order chi connectivity index (χ1) is 13.0. The van der Waals surface area contributed by atoms with Gasteiger partial charge in [-0.3, -0.25) is 19.3 Å². The number of carbonyl (C=O) groups excluding carboxylic acids is 3. The van der Waals surface area contributed by atoms with Gasteiger partial charge in [-0.1, -0.05) is 23.7 Å². The van der Waals surface area contributed by atoms with E-state index in [1.165, 1.54) is 0 Å². The summed E-state index contributed by atoms with van der Waals surface area (Å²) in [4.78, 5) is 38.0. The molecule has 0 bridgehead atoms. The van der Waals surface area contributed by atoms with E-state index in [1.807, 2.05) is 0 Å². The van der Waals surface area contributed by atoms with Crippen LogP contribution in [0.15, 0.2) is 36.4 Å². The molecule has 0 fully saturated rings. The predicted octanol–water partition coefficient (Wildman–Crippen LogP) is 2.74. The third kappa shape index (κ3) is 3.21. The first kappa shape index (κ1) is 17.4. The molecule has 0 spiro atoms. The van der Waals surface area contributed by atoms with Crippen LogP contribution in [-0.2, 0) is 4.79 Å². The van der Waals surface area contributed by atoms with Crippen molar-refractivity contribution in [2.75, 3.05) is 25.1 Å². The van der Waals surface area contributed by atoms with E-state index in [0.717, 1.165) is 11.3 Å². The molecule has 2 heterocycles. The van der Waals surface area contributed by atoms with Crippen LogP contribution in [0, 0.1) is 0 Å². The lowest BCUT2D eigenvalue weighted by molar-refractivity contribution is -0.116. The number of fused-ring (bicyclic) bond motifs is 2. The Labute approximate surface area is 159 Å². The highest BCUT2D eigenvalue weighted by molar-refractivity contribution is 6.34. The van der Waals surface area contributed by atoms with Crippen molar-refractivity contribution in [1.29, 1.82) is 0 Å². The maximum atomic E-state index is 12.4. The first-order valence-corrected chi connectivity index (χ1v) is 8.76. The molecule has 0 atom stereocenters. The molecule has 3 amide bonds. The van der Waals surface area contributed by atoms with Gasteiger partial charge in [-0.2, -0.15) is 0 Å². The Morgan fingerprint density at radius 3 is 2.26 bits per heavy atom. The summed E-state index contributed by atoms with van der Waals surface area (Å²) >= 11 is 6.21. The minimum absolute atomic E-state index is 0.273. The fourth-order valence-corrected chi connectivity index (χ4v) is 3.20. The molecule has 2 aromatic carbocycles. The maximum Gasteiger partial charge on any atom is 0.262 e. The van der Waals surface area contributed by atoms with E-state index in [4.69, 9.17) is 21.1 Å². The fourth-order valence-electron chi connectivity index (χ4n) is 3.00. The Morgan fingerprint density at radius 1 is 1.04 bits per heavy atom. The molecule has 0 unspecified atom stereocenters. The zero-order chi connectivity index (χ0) is 19.0. The summed E-state index contributed by atoms with van der Waals surface area (Å²) in [5.74, 6) is -0.532. The zero-order valence-corrected chi connectivity index (χ0v) is 14.9. The molecule has 4 rings (SSSR count). The van der Waals surface area contributed by atoms with Crippen LogP contribution >= 0.6 is 11.6 Å². The molecule has 7 nitrogen and oxygen atoms in total. The number of nitrogens with zero attached hydrogens (tertiary/aromatic N) is 1. The van der Waals surface area contributed by atoms with Gasteiger partial charge in [0.1, 0.15) is 6.54 Å². The van der Waals surface area contributed by atoms with Crippen molar-refractivity contribution < 1.29 is 23.9 Å². The number of hydrogen-bond acceptors (Lipinski definition) is 5. The summed E-state index contributed by atoms with van der Waals surface area (Å²) in [5, 5.41) is 2.90. The molecule has 2 aromatic rings. The first-order valence-electron chi connectivity index (χ1n) is 8.39. The zero-order valence-electron chi connectivity index (χ0n) is 14.2. The van der Waals surface area contributed by atoms with Crippen molar-refractivity contribution in [1.82, 2.24) is 4.90 Å². The van der Waals surface area contributed by atoms with Crippen molar-refractivity contribution in [2.45, 2.75) is 6.42 Å². The third-order valence-corrected chi connectivity index (χ3v) is 4.60. The van der Waals surface area contributed by atoms with Gasteiger partial charge in [-0.25, -0.2) is 0 Å². The summed E-state index contributed by atoms with van der Waals surface area (Å²) in [7, 11) is 0. The minimum atomic E-state index is -0.541. The van der Waals surface area contributed by atoms with E-state index >= 15 is 0 Å². The molecule has 0 aliphatic carbocycles. The molecule has 0 saturated carbocycles. The Hall–Kier alpha value is -3.06. The van der Waals surface area contributed by atoms with Crippen LogP contribution < -0.4 is 14.8 Å². The van der Waals surface area contributed by atoms with Crippen LogP contribution in [0.25, 0.3) is 0 Å². The number of nitrogens with one attached hydrogen (secondary N) is 1.